The lowest BCUT2D eigenvalue weighted by Crippen LogP contribution is -2.29. The summed E-state index contributed by atoms with van der Waals surface area (Å²) in [5, 5.41) is 12.6. The van der Waals surface area contributed by atoms with Crippen molar-refractivity contribution in [3.8, 4) is 22.8 Å². The van der Waals surface area contributed by atoms with E-state index in [0.717, 1.165) is 31.6 Å². The van der Waals surface area contributed by atoms with Crippen LogP contribution in [0.5, 0.6) is 11.5 Å². The number of carboxylic acids is 1. The third kappa shape index (κ3) is 3.02. The number of ether oxygens (including phenoxy) is 2. The van der Waals surface area contributed by atoms with Crippen LogP contribution in [0.3, 0.4) is 0 Å². The summed E-state index contributed by atoms with van der Waals surface area (Å²) in [5.74, 6) is 0.471. The van der Waals surface area contributed by atoms with Crippen LogP contribution in [0.25, 0.3) is 11.3 Å². The Hall–Kier alpha value is -2.70. The zero-order valence-corrected chi connectivity index (χ0v) is 13.7. The molecule has 128 valence electrons. The molecule has 1 N–H and O–H groups in total. The Morgan fingerprint density at radius 1 is 1.12 bits per heavy atom. The lowest BCUT2D eigenvalue weighted by Gasteiger charge is -2.30. The van der Waals surface area contributed by atoms with E-state index in [1.165, 1.54) is 12.5 Å². The minimum Gasteiger partial charge on any atom is -0.496 e. The lowest BCUT2D eigenvalue weighted by atomic mass is 10.1. The highest BCUT2D eigenvalue weighted by atomic mass is 16.5. The average molecular weight is 332 g/mol. The predicted octanol–water partition coefficient (Wildman–Crippen LogP) is 3.05. The third-order valence-electron chi connectivity index (χ3n) is 4.19. The molecule has 0 spiro atoms. The Bertz CT molecular complexity index is 735. The normalized spacial score (nSPS) is 14.5. The van der Waals surface area contributed by atoms with Gasteiger partial charge in [-0.25, -0.2) is 4.79 Å². The van der Waals surface area contributed by atoms with Gasteiger partial charge in [0.05, 0.1) is 25.5 Å². The fourth-order valence-corrected chi connectivity index (χ4v) is 2.96. The van der Waals surface area contributed by atoms with E-state index < -0.39 is 5.97 Å². The summed E-state index contributed by atoms with van der Waals surface area (Å²) in [5.41, 5.74) is 1.43. The van der Waals surface area contributed by atoms with Crippen molar-refractivity contribution in [3.63, 3.8) is 0 Å². The Labute approximate surface area is 139 Å². The number of hydrogen-bond donors (Lipinski definition) is 1. The number of aromatic carboxylic acids is 1. The zero-order valence-electron chi connectivity index (χ0n) is 13.7. The van der Waals surface area contributed by atoms with E-state index in [-0.39, 0.29) is 5.69 Å². The molecule has 0 bridgehead atoms. The Kier molecular flexibility index (Phi) is 4.59. The van der Waals surface area contributed by atoms with Crippen molar-refractivity contribution in [2.45, 2.75) is 19.3 Å². The summed E-state index contributed by atoms with van der Waals surface area (Å²) >= 11 is 0. The molecule has 1 aliphatic rings. The number of rotatable bonds is 5. The molecule has 1 aromatic heterocycles. The molecule has 2 aromatic rings. The second kappa shape index (κ2) is 6.82. The van der Waals surface area contributed by atoms with Gasteiger partial charge in [-0.1, -0.05) is 5.16 Å². The maximum atomic E-state index is 11.0. The van der Waals surface area contributed by atoms with Gasteiger partial charge in [-0.2, -0.15) is 0 Å². The minimum atomic E-state index is -1.14. The van der Waals surface area contributed by atoms with Crippen LogP contribution in [-0.4, -0.2) is 43.5 Å². The summed E-state index contributed by atoms with van der Waals surface area (Å²) in [4.78, 5) is 13.3. The first-order chi connectivity index (χ1) is 11.6. The monoisotopic (exact) mass is 332 g/mol. The number of carboxylic acid groups (broad SMARTS) is 1. The van der Waals surface area contributed by atoms with Crippen molar-refractivity contribution in [2.75, 3.05) is 32.2 Å². The number of piperidine rings is 1. The van der Waals surface area contributed by atoms with Crippen LogP contribution in [0.2, 0.25) is 0 Å². The van der Waals surface area contributed by atoms with Gasteiger partial charge >= 0.3 is 5.97 Å². The zero-order chi connectivity index (χ0) is 17.1. The van der Waals surface area contributed by atoms with Crippen LogP contribution in [0.1, 0.15) is 29.8 Å². The summed E-state index contributed by atoms with van der Waals surface area (Å²) in [7, 11) is 3.18. The van der Waals surface area contributed by atoms with Crippen molar-refractivity contribution in [3.05, 3.63) is 23.9 Å². The molecule has 7 heteroatoms. The van der Waals surface area contributed by atoms with Crippen molar-refractivity contribution in [1.29, 1.82) is 0 Å². The Morgan fingerprint density at radius 3 is 2.42 bits per heavy atom. The van der Waals surface area contributed by atoms with E-state index in [0.29, 0.717) is 22.8 Å². The molecule has 1 saturated heterocycles. The number of hydrogen-bond acceptors (Lipinski definition) is 6. The maximum Gasteiger partial charge on any atom is 0.358 e. The second-order valence-corrected chi connectivity index (χ2v) is 5.65. The molecule has 1 aliphatic heterocycles. The van der Waals surface area contributed by atoms with Crippen molar-refractivity contribution >= 4 is 11.7 Å². The summed E-state index contributed by atoms with van der Waals surface area (Å²) < 4.78 is 16.2. The van der Waals surface area contributed by atoms with Gasteiger partial charge in [0.25, 0.3) is 0 Å². The number of methoxy groups -OCH3 is 2. The van der Waals surface area contributed by atoms with Gasteiger partial charge in [0, 0.05) is 25.2 Å². The van der Waals surface area contributed by atoms with Crippen LogP contribution in [0.4, 0.5) is 5.69 Å². The van der Waals surface area contributed by atoms with E-state index in [9.17, 15) is 4.79 Å². The van der Waals surface area contributed by atoms with Gasteiger partial charge in [0.1, 0.15) is 11.5 Å². The van der Waals surface area contributed by atoms with E-state index in [2.05, 4.69) is 10.1 Å². The Morgan fingerprint density at radius 2 is 1.83 bits per heavy atom. The number of aromatic nitrogens is 1. The molecule has 0 amide bonds. The number of benzene rings is 1. The molecule has 1 fully saturated rings. The minimum absolute atomic E-state index is 0.147. The lowest BCUT2D eigenvalue weighted by molar-refractivity contribution is 0.0686. The van der Waals surface area contributed by atoms with Gasteiger partial charge in [-0.3, -0.25) is 0 Å². The maximum absolute atomic E-state index is 11.0. The first-order valence-corrected chi connectivity index (χ1v) is 7.85. The highest BCUT2D eigenvalue weighted by Gasteiger charge is 2.22. The van der Waals surface area contributed by atoms with Crippen molar-refractivity contribution < 1.29 is 23.9 Å². The van der Waals surface area contributed by atoms with Gasteiger partial charge in [0.15, 0.2) is 11.5 Å². The van der Waals surface area contributed by atoms with Gasteiger partial charge in [-0.15, -0.1) is 0 Å². The van der Waals surface area contributed by atoms with Crippen LogP contribution >= 0.6 is 0 Å². The largest absolute Gasteiger partial charge is 0.496 e. The Balaban J connectivity index is 2.04. The standard InChI is InChI=1S/C17H20N2O5/c1-22-14-10-13(19-6-4-3-5-7-19)16(23-2)8-11(14)15-9-12(17(20)21)18-24-15/h8-10H,3-7H2,1-2H3,(H,20,21). The fourth-order valence-electron chi connectivity index (χ4n) is 2.96. The SMILES string of the molecule is COc1cc(N2CCCCC2)c(OC)cc1-c1cc(C(=O)O)no1. The molecule has 0 aliphatic carbocycles. The number of nitrogens with zero attached hydrogens (tertiary/aromatic N) is 2. The molecule has 24 heavy (non-hydrogen) atoms. The molecular weight excluding hydrogens is 312 g/mol. The highest BCUT2D eigenvalue weighted by Crippen LogP contribution is 2.41. The topological polar surface area (TPSA) is 85.0 Å². The molecular formula is C17H20N2O5. The summed E-state index contributed by atoms with van der Waals surface area (Å²) in [6.07, 6.45) is 3.54. The highest BCUT2D eigenvalue weighted by molar-refractivity contribution is 5.87. The first-order valence-electron chi connectivity index (χ1n) is 7.85. The number of carbonyl (C=O) groups is 1. The van der Waals surface area contributed by atoms with Gasteiger partial charge in [-0.05, 0) is 25.3 Å². The van der Waals surface area contributed by atoms with E-state index in [1.807, 2.05) is 6.07 Å². The van der Waals surface area contributed by atoms with E-state index >= 15 is 0 Å². The van der Waals surface area contributed by atoms with Crippen molar-refractivity contribution in [2.24, 2.45) is 0 Å². The molecule has 7 nitrogen and oxygen atoms in total. The van der Waals surface area contributed by atoms with Gasteiger partial charge < -0.3 is 24.0 Å². The van der Waals surface area contributed by atoms with Crippen LogP contribution in [-0.2, 0) is 0 Å². The molecule has 1 aromatic carbocycles. The molecule has 0 unspecified atom stereocenters. The summed E-state index contributed by atoms with van der Waals surface area (Å²) in [6.45, 7) is 1.95. The third-order valence-corrected chi connectivity index (χ3v) is 4.19. The predicted molar refractivity (Wildman–Crippen MR) is 88.1 cm³/mol. The summed E-state index contributed by atoms with van der Waals surface area (Å²) in [6, 6.07) is 5.08. The van der Waals surface area contributed by atoms with Crippen LogP contribution in [0, 0.1) is 0 Å². The molecule has 0 atom stereocenters. The van der Waals surface area contributed by atoms with Crippen LogP contribution in [0.15, 0.2) is 22.7 Å². The van der Waals surface area contributed by atoms with Crippen molar-refractivity contribution in [1.82, 2.24) is 5.16 Å². The smallest absolute Gasteiger partial charge is 0.358 e. The van der Waals surface area contributed by atoms with Gasteiger partial charge in [0.2, 0.25) is 0 Å². The molecule has 2 heterocycles. The molecule has 0 radical (unpaired) electrons. The number of anilines is 1. The second-order valence-electron chi connectivity index (χ2n) is 5.65. The molecule has 0 saturated carbocycles. The van der Waals surface area contributed by atoms with E-state index in [4.69, 9.17) is 19.1 Å². The molecule has 3 rings (SSSR count). The first kappa shape index (κ1) is 16.2. The quantitative estimate of drug-likeness (QED) is 0.900. The van der Waals surface area contributed by atoms with Crippen LogP contribution < -0.4 is 14.4 Å². The average Bonchev–Trinajstić information content (AvgIpc) is 3.11. The fraction of sp³-hybridized carbons (Fsp3) is 0.412. The van der Waals surface area contributed by atoms with E-state index in [1.54, 1.807) is 20.3 Å².